The molecule has 0 aliphatic heterocycles. The van der Waals surface area contributed by atoms with Crippen LogP contribution in [0.4, 0.5) is 18.9 Å². The number of nitrogens with two attached hydrogens (primary N) is 1. The summed E-state index contributed by atoms with van der Waals surface area (Å²) in [5.41, 5.74) is 7.19. The smallest absolute Gasteiger partial charge is 0.490 e. The first-order chi connectivity index (χ1) is 22.6. The second kappa shape index (κ2) is 14.1. The van der Waals surface area contributed by atoms with Crippen LogP contribution in [-0.2, 0) is 14.8 Å². The first-order valence-corrected chi connectivity index (χ1v) is 15.1. The average molecular weight is 682 g/mol. The van der Waals surface area contributed by atoms with Crippen molar-refractivity contribution in [1.82, 2.24) is 0 Å². The molecule has 0 heterocycles. The highest BCUT2D eigenvalue weighted by atomic mass is 32.2. The molecule has 5 aromatic rings. The van der Waals surface area contributed by atoms with Gasteiger partial charge in [-0.2, -0.15) is 13.2 Å². The summed E-state index contributed by atoms with van der Waals surface area (Å²) in [6, 6.07) is 27.8. The van der Waals surface area contributed by atoms with Crippen LogP contribution in [-0.4, -0.2) is 49.7 Å². The maximum atomic E-state index is 13.1. The Hall–Kier alpha value is -6.09. The highest BCUT2D eigenvalue weighted by molar-refractivity contribution is 7.92. The molecule has 0 amide bonds. The summed E-state index contributed by atoms with van der Waals surface area (Å²) in [6.45, 7) is 0. The van der Waals surface area contributed by atoms with Crippen LogP contribution >= 0.6 is 0 Å². The molecular formula is C33H26F3N3O8S. The van der Waals surface area contributed by atoms with E-state index in [1.165, 1.54) is 25.3 Å². The Morgan fingerprint density at radius 1 is 0.812 bits per heavy atom. The molecule has 0 atom stereocenters. The summed E-state index contributed by atoms with van der Waals surface area (Å²) >= 11 is 0. The zero-order chi connectivity index (χ0) is 35.2. The van der Waals surface area contributed by atoms with E-state index in [2.05, 4.69) is 4.72 Å². The van der Waals surface area contributed by atoms with Crippen molar-refractivity contribution in [2.75, 3.05) is 11.8 Å². The number of methoxy groups -OCH3 is 1. The van der Waals surface area contributed by atoms with E-state index in [9.17, 15) is 31.5 Å². The predicted molar refractivity (Wildman–Crippen MR) is 171 cm³/mol. The first-order valence-electron chi connectivity index (χ1n) is 13.6. The molecule has 11 nitrogen and oxygen atoms in total. The van der Waals surface area contributed by atoms with E-state index in [-0.39, 0.29) is 22.0 Å². The van der Waals surface area contributed by atoms with Gasteiger partial charge in [0.2, 0.25) is 0 Å². The molecule has 0 aromatic heterocycles. The third-order valence-electron chi connectivity index (χ3n) is 6.64. The molecule has 0 saturated heterocycles. The van der Waals surface area contributed by atoms with Crippen LogP contribution in [0.15, 0.2) is 108 Å². The molecule has 0 radical (unpaired) electrons. The number of sulfonamides is 1. The molecule has 248 valence electrons. The van der Waals surface area contributed by atoms with Crippen molar-refractivity contribution < 1.29 is 50.9 Å². The molecule has 5 aromatic carbocycles. The van der Waals surface area contributed by atoms with Crippen LogP contribution in [0.5, 0.6) is 17.2 Å². The van der Waals surface area contributed by atoms with Gasteiger partial charge in [0.25, 0.3) is 10.0 Å². The second-order valence-corrected chi connectivity index (χ2v) is 11.6. The number of carboxylic acids is 2. The van der Waals surface area contributed by atoms with Gasteiger partial charge < -0.3 is 25.4 Å². The number of aromatic carboxylic acids is 1. The van der Waals surface area contributed by atoms with Gasteiger partial charge in [-0.05, 0) is 83.1 Å². The van der Waals surface area contributed by atoms with Gasteiger partial charge in [0.05, 0.1) is 17.6 Å². The second-order valence-electron chi connectivity index (χ2n) is 9.89. The lowest BCUT2D eigenvalue weighted by molar-refractivity contribution is -0.192. The largest absolute Gasteiger partial charge is 0.497 e. The highest BCUT2D eigenvalue weighted by Crippen LogP contribution is 2.38. The number of ether oxygens (including phenoxy) is 2. The Kier molecular flexibility index (Phi) is 10.2. The third-order valence-corrected chi connectivity index (χ3v) is 8.04. The molecule has 0 unspecified atom stereocenters. The van der Waals surface area contributed by atoms with Gasteiger partial charge >= 0.3 is 18.1 Å². The molecule has 0 aliphatic carbocycles. The molecule has 0 spiro atoms. The van der Waals surface area contributed by atoms with E-state index >= 15 is 0 Å². The maximum absolute atomic E-state index is 13.1. The Balaban J connectivity index is 0.000000671. The minimum atomic E-state index is -5.08. The number of nitrogen functional groups attached to an aromatic ring is 1. The quantitative estimate of drug-likeness (QED) is 0.0830. The molecule has 6 N–H and O–H groups in total. The van der Waals surface area contributed by atoms with E-state index in [1.54, 1.807) is 66.7 Å². The predicted octanol–water partition coefficient (Wildman–Crippen LogP) is 6.72. The molecule has 0 bridgehead atoms. The summed E-state index contributed by atoms with van der Waals surface area (Å²) in [5, 5.41) is 26.3. The number of aliphatic carboxylic acids is 1. The molecule has 0 aliphatic rings. The number of amidine groups is 1. The molecule has 0 saturated carbocycles. The number of anilines is 1. The van der Waals surface area contributed by atoms with Crippen LogP contribution < -0.4 is 19.9 Å². The van der Waals surface area contributed by atoms with E-state index < -0.39 is 28.1 Å². The minimum Gasteiger partial charge on any atom is -0.497 e. The lowest BCUT2D eigenvalue weighted by Gasteiger charge is -2.16. The minimum absolute atomic E-state index is 0.0304. The number of alkyl halides is 3. The Labute approximate surface area is 271 Å². The SMILES string of the molecule is COc1ccc(S(=O)(=O)Nc2ccc(Oc3ccc4cc(C(=N)N)ccc4c3)c(-c3ccccc3C(=O)O)c2)cc1.O=C(O)C(F)(F)F. The molecular weight excluding hydrogens is 655 g/mol. The van der Waals surface area contributed by atoms with Gasteiger partial charge in [-0.1, -0.05) is 36.4 Å². The van der Waals surface area contributed by atoms with Crippen molar-refractivity contribution in [1.29, 1.82) is 5.41 Å². The standard InChI is InChI=1S/C31H25N3O6S.C2HF3O2/c1-39-23-11-13-25(14-12-23)41(37,38)34-22-9-15-29(28(18-22)26-4-2-3-5-27(26)31(35)36)40-24-10-8-19-16-21(30(32)33)7-6-20(19)17-24;3-2(4,5)1(6)7/h2-18,34H,1H3,(H3,32,33)(H,35,36);(H,6,7). The van der Waals surface area contributed by atoms with Crippen LogP contribution in [0.25, 0.3) is 21.9 Å². The van der Waals surface area contributed by atoms with Crippen molar-refractivity contribution >= 4 is 44.3 Å². The summed E-state index contributed by atoms with van der Waals surface area (Å²) in [4.78, 5) is 21.0. The fourth-order valence-corrected chi connectivity index (χ4v) is 5.40. The number of halogens is 3. The van der Waals surface area contributed by atoms with Crippen LogP contribution in [0.2, 0.25) is 0 Å². The monoisotopic (exact) mass is 681 g/mol. The Morgan fingerprint density at radius 3 is 2.02 bits per heavy atom. The number of hydrogen-bond acceptors (Lipinski definition) is 7. The third kappa shape index (κ3) is 8.38. The normalized spacial score (nSPS) is 11.2. The van der Waals surface area contributed by atoms with Crippen molar-refractivity contribution in [3.63, 3.8) is 0 Å². The van der Waals surface area contributed by atoms with Crippen molar-refractivity contribution in [3.8, 4) is 28.4 Å². The van der Waals surface area contributed by atoms with Crippen LogP contribution in [0, 0.1) is 5.41 Å². The number of rotatable bonds is 9. The van der Waals surface area contributed by atoms with Gasteiger partial charge in [0.1, 0.15) is 23.1 Å². The number of nitrogens with one attached hydrogen (secondary N) is 2. The lowest BCUT2D eigenvalue weighted by atomic mass is 9.98. The molecule has 15 heteroatoms. The number of carbonyl (C=O) groups is 2. The van der Waals surface area contributed by atoms with Crippen LogP contribution in [0.1, 0.15) is 15.9 Å². The first kappa shape index (κ1) is 34.8. The summed E-state index contributed by atoms with van der Waals surface area (Å²) in [6.07, 6.45) is -5.08. The average Bonchev–Trinajstić information content (AvgIpc) is 3.04. The molecule has 5 rings (SSSR count). The maximum Gasteiger partial charge on any atom is 0.490 e. The van der Waals surface area contributed by atoms with Gasteiger partial charge in [-0.3, -0.25) is 10.1 Å². The zero-order valence-corrected chi connectivity index (χ0v) is 25.6. The number of fused-ring (bicyclic) bond motifs is 1. The summed E-state index contributed by atoms with van der Waals surface area (Å²) in [7, 11) is -2.47. The van der Waals surface area contributed by atoms with E-state index in [4.69, 9.17) is 30.5 Å². The fraction of sp³-hybridized carbons (Fsp3) is 0.0606. The van der Waals surface area contributed by atoms with Crippen LogP contribution in [0.3, 0.4) is 0 Å². The van der Waals surface area contributed by atoms with Gasteiger partial charge in [0, 0.05) is 16.8 Å². The lowest BCUT2D eigenvalue weighted by Crippen LogP contribution is -2.21. The van der Waals surface area contributed by atoms with E-state index in [0.717, 1.165) is 10.8 Å². The van der Waals surface area contributed by atoms with E-state index in [1.807, 2.05) is 18.2 Å². The number of benzene rings is 5. The molecule has 48 heavy (non-hydrogen) atoms. The van der Waals surface area contributed by atoms with E-state index in [0.29, 0.717) is 33.9 Å². The van der Waals surface area contributed by atoms with Gasteiger partial charge in [0.15, 0.2) is 0 Å². The topological polar surface area (TPSA) is 189 Å². The number of carboxylic acid groups (broad SMARTS) is 2. The fourth-order valence-electron chi connectivity index (χ4n) is 4.35. The summed E-state index contributed by atoms with van der Waals surface area (Å²) < 4.78 is 71.8. The van der Waals surface area contributed by atoms with Crippen molar-refractivity contribution in [2.24, 2.45) is 5.73 Å². The highest BCUT2D eigenvalue weighted by Gasteiger charge is 2.38. The summed E-state index contributed by atoms with van der Waals surface area (Å²) in [5.74, 6) is -2.60. The Bertz CT molecular complexity index is 2120. The Morgan fingerprint density at radius 2 is 1.42 bits per heavy atom. The zero-order valence-electron chi connectivity index (χ0n) is 24.8. The van der Waals surface area contributed by atoms with Gasteiger partial charge in [-0.15, -0.1) is 0 Å². The van der Waals surface area contributed by atoms with Gasteiger partial charge in [-0.25, -0.2) is 18.0 Å². The molecule has 0 fully saturated rings. The van der Waals surface area contributed by atoms with Crippen molar-refractivity contribution in [3.05, 3.63) is 114 Å². The number of hydrogen-bond donors (Lipinski definition) is 5. The van der Waals surface area contributed by atoms with Crippen molar-refractivity contribution in [2.45, 2.75) is 11.1 Å².